The zero-order valence-corrected chi connectivity index (χ0v) is 12.8. The molecule has 0 aliphatic carbocycles. The van der Waals surface area contributed by atoms with Crippen molar-refractivity contribution < 1.29 is 9.22 Å². The van der Waals surface area contributed by atoms with Gasteiger partial charge >= 0.3 is 0 Å². The van der Waals surface area contributed by atoms with Crippen LogP contribution in [0.25, 0.3) is 0 Å². The normalized spacial score (nSPS) is 25.9. The Balaban J connectivity index is 2.53. The Hall–Kier alpha value is -0.613. The molecule has 0 radical (unpaired) electrons. The van der Waals surface area contributed by atoms with Crippen LogP contribution in [0.5, 0.6) is 0 Å². The number of nitrogens with one attached hydrogen (secondary N) is 1. The molecule has 0 saturated heterocycles. The first-order valence-corrected chi connectivity index (χ1v) is 9.17. The van der Waals surface area contributed by atoms with Crippen molar-refractivity contribution in [1.29, 1.82) is 0 Å². The third-order valence-electron chi connectivity index (χ3n) is 3.80. The Labute approximate surface area is 106 Å². The summed E-state index contributed by atoms with van der Waals surface area (Å²) >= 11 is 0. The number of carbonyl (C=O) groups is 1. The predicted octanol–water partition coefficient (Wildman–Crippen LogP) is 2.70. The molecule has 0 aromatic rings. The van der Waals surface area contributed by atoms with Crippen LogP contribution < -0.4 is 5.32 Å². The van der Waals surface area contributed by atoms with E-state index in [0.29, 0.717) is 6.61 Å². The van der Waals surface area contributed by atoms with Crippen molar-refractivity contribution in [2.45, 2.75) is 51.9 Å². The Morgan fingerprint density at radius 3 is 2.41 bits per heavy atom. The summed E-state index contributed by atoms with van der Waals surface area (Å²) in [5.41, 5.74) is 0. The van der Waals surface area contributed by atoms with Gasteiger partial charge in [-0.05, 0) is 18.1 Å². The van der Waals surface area contributed by atoms with Crippen molar-refractivity contribution in [1.82, 2.24) is 5.32 Å². The smallest absolute Gasteiger partial charge is 0.227 e. The predicted molar refractivity (Wildman–Crippen MR) is 73.4 cm³/mol. The molecule has 0 aromatic carbocycles. The van der Waals surface area contributed by atoms with E-state index in [9.17, 15) is 4.79 Å². The maximum absolute atomic E-state index is 11.5. The summed E-state index contributed by atoms with van der Waals surface area (Å²) in [6.07, 6.45) is 4.00. The Morgan fingerprint density at radius 2 is 1.94 bits per heavy atom. The lowest BCUT2D eigenvalue weighted by molar-refractivity contribution is -0.124. The Bertz CT molecular complexity index is 318. The van der Waals surface area contributed by atoms with Crippen molar-refractivity contribution in [2.75, 3.05) is 6.61 Å². The van der Waals surface area contributed by atoms with Crippen molar-refractivity contribution in [2.24, 2.45) is 5.92 Å². The summed E-state index contributed by atoms with van der Waals surface area (Å²) in [6.45, 7) is 13.6. The average Bonchev–Trinajstić information content (AvgIpc) is 2.18. The quantitative estimate of drug-likeness (QED) is 0.622. The monoisotopic (exact) mass is 255 g/mol. The largest absolute Gasteiger partial charge is 0.414 e. The van der Waals surface area contributed by atoms with Gasteiger partial charge < -0.3 is 9.74 Å². The van der Waals surface area contributed by atoms with E-state index in [1.807, 2.05) is 19.1 Å². The third kappa shape index (κ3) is 3.68. The molecule has 0 aromatic heterocycles. The first-order chi connectivity index (χ1) is 7.63. The lowest BCUT2D eigenvalue weighted by atomic mass is 10.0. The zero-order chi connectivity index (χ0) is 13.3. The number of hydrogen-bond donors (Lipinski definition) is 1. The molecule has 1 heterocycles. The molecule has 1 rings (SSSR count). The molecule has 98 valence electrons. The minimum atomic E-state index is -1.71. The lowest BCUT2D eigenvalue weighted by Gasteiger charge is -2.37. The van der Waals surface area contributed by atoms with Crippen molar-refractivity contribution in [3.8, 4) is 0 Å². The van der Waals surface area contributed by atoms with Gasteiger partial charge in [-0.2, -0.15) is 0 Å². The molecule has 1 amide bonds. The highest BCUT2D eigenvalue weighted by atomic mass is 28.4. The number of hydrogen-bond acceptors (Lipinski definition) is 2. The SMILES string of the molecule is C[C@@H]1C=C[C@H](CO[Si](C)(C)C(C)(C)C)NC1=O. The second-order valence-electron chi connectivity index (χ2n) is 6.36. The number of amides is 1. The van der Waals surface area contributed by atoms with Gasteiger partial charge in [-0.15, -0.1) is 0 Å². The molecular weight excluding hydrogens is 230 g/mol. The van der Waals surface area contributed by atoms with Gasteiger partial charge in [-0.25, -0.2) is 0 Å². The van der Waals surface area contributed by atoms with E-state index in [0.717, 1.165) is 0 Å². The van der Waals surface area contributed by atoms with E-state index >= 15 is 0 Å². The van der Waals surface area contributed by atoms with Crippen molar-refractivity contribution >= 4 is 14.2 Å². The number of rotatable bonds is 3. The summed E-state index contributed by atoms with van der Waals surface area (Å²) in [6, 6.07) is 0.0350. The van der Waals surface area contributed by atoms with E-state index < -0.39 is 8.32 Å². The average molecular weight is 255 g/mol. The van der Waals surface area contributed by atoms with Crippen LogP contribution >= 0.6 is 0 Å². The summed E-state index contributed by atoms with van der Waals surface area (Å²) in [5, 5.41) is 3.17. The van der Waals surface area contributed by atoms with Crippen LogP contribution in [0.15, 0.2) is 12.2 Å². The molecule has 1 aliphatic heterocycles. The highest BCUT2D eigenvalue weighted by molar-refractivity contribution is 6.74. The lowest BCUT2D eigenvalue weighted by Crippen LogP contribution is -2.47. The fourth-order valence-electron chi connectivity index (χ4n) is 1.36. The molecule has 2 atom stereocenters. The minimum absolute atomic E-state index is 0.0147. The first kappa shape index (κ1) is 14.4. The number of carbonyl (C=O) groups excluding carboxylic acids is 1. The second kappa shape index (κ2) is 4.94. The molecule has 4 heteroatoms. The van der Waals surface area contributed by atoms with Gasteiger partial charge in [-0.3, -0.25) is 4.79 Å². The minimum Gasteiger partial charge on any atom is -0.414 e. The maximum Gasteiger partial charge on any atom is 0.227 e. The summed E-state index contributed by atoms with van der Waals surface area (Å²) < 4.78 is 6.09. The molecular formula is C13H25NO2Si. The van der Waals surface area contributed by atoms with Gasteiger partial charge in [-0.1, -0.05) is 39.8 Å². The molecule has 3 nitrogen and oxygen atoms in total. The maximum atomic E-state index is 11.5. The second-order valence-corrected chi connectivity index (χ2v) is 11.2. The van der Waals surface area contributed by atoms with E-state index in [4.69, 9.17) is 4.43 Å². The van der Waals surface area contributed by atoms with E-state index in [-0.39, 0.29) is 22.9 Å². The van der Waals surface area contributed by atoms with Gasteiger partial charge in [0.2, 0.25) is 5.91 Å². The molecule has 17 heavy (non-hydrogen) atoms. The summed E-state index contributed by atoms with van der Waals surface area (Å²) in [7, 11) is -1.71. The van der Waals surface area contributed by atoms with Crippen LogP contribution in [-0.2, 0) is 9.22 Å². The van der Waals surface area contributed by atoms with Crippen LogP contribution in [-0.4, -0.2) is 26.9 Å². The molecule has 0 bridgehead atoms. The van der Waals surface area contributed by atoms with Crippen molar-refractivity contribution in [3.05, 3.63) is 12.2 Å². The molecule has 0 spiro atoms. The van der Waals surface area contributed by atoms with E-state index in [1.165, 1.54) is 0 Å². The molecule has 0 unspecified atom stereocenters. The van der Waals surface area contributed by atoms with Gasteiger partial charge in [0, 0.05) is 0 Å². The third-order valence-corrected chi connectivity index (χ3v) is 8.30. The molecule has 1 aliphatic rings. The first-order valence-electron chi connectivity index (χ1n) is 6.26. The van der Waals surface area contributed by atoms with Crippen LogP contribution in [0.1, 0.15) is 27.7 Å². The summed E-state index contributed by atoms with van der Waals surface area (Å²) in [4.78, 5) is 11.5. The Morgan fingerprint density at radius 1 is 1.35 bits per heavy atom. The van der Waals surface area contributed by atoms with E-state index in [2.05, 4.69) is 39.2 Å². The zero-order valence-electron chi connectivity index (χ0n) is 11.8. The molecule has 0 fully saturated rings. The van der Waals surface area contributed by atoms with Crippen LogP contribution in [0.4, 0.5) is 0 Å². The summed E-state index contributed by atoms with van der Waals surface area (Å²) in [5.74, 6) is 0.0791. The highest BCUT2D eigenvalue weighted by Gasteiger charge is 2.37. The van der Waals surface area contributed by atoms with Gasteiger partial charge in [0.25, 0.3) is 0 Å². The fraction of sp³-hybridized carbons (Fsp3) is 0.769. The van der Waals surface area contributed by atoms with Crippen LogP contribution in [0, 0.1) is 5.92 Å². The van der Waals surface area contributed by atoms with Crippen LogP contribution in [0.3, 0.4) is 0 Å². The highest BCUT2D eigenvalue weighted by Crippen LogP contribution is 2.36. The van der Waals surface area contributed by atoms with Gasteiger partial charge in [0.1, 0.15) is 0 Å². The van der Waals surface area contributed by atoms with Crippen LogP contribution in [0.2, 0.25) is 18.1 Å². The fourth-order valence-corrected chi connectivity index (χ4v) is 2.39. The van der Waals surface area contributed by atoms with E-state index in [1.54, 1.807) is 0 Å². The Kier molecular flexibility index (Phi) is 4.20. The molecule has 0 saturated carbocycles. The van der Waals surface area contributed by atoms with Gasteiger partial charge in [0.05, 0.1) is 18.6 Å². The van der Waals surface area contributed by atoms with Gasteiger partial charge in [0.15, 0.2) is 8.32 Å². The standard InChI is InChI=1S/C13H25NO2Si/c1-10-7-8-11(14-12(10)15)9-16-17(5,6)13(2,3)4/h7-8,10-11H,9H2,1-6H3,(H,14,15)/t10-,11-/m1/s1. The topological polar surface area (TPSA) is 38.3 Å². The molecule has 1 N–H and O–H groups in total. The van der Waals surface area contributed by atoms with Crippen molar-refractivity contribution in [3.63, 3.8) is 0 Å².